The smallest absolute Gasteiger partial charge is 0.00201 e. The van der Waals surface area contributed by atoms with E-state index in [1.54, 1.807) is 0 Å². The molecular formula is C58H38. The lowest BCUT2D eigenvalue weighted by Crippen LogP contribution is -1.94. The predicted octanol–water partition coefficient (Wildman–Crippen LogP) is 16.3. The van der Waals surface area contributed by atoms with Crippen LogP contribution in [-0.2, 0) is 0 Å². The maximum atomic E-state index is 2.45. The van der Waals surface area contributed by atoms with E-state index in [4.69, 9.17) is 0 Å². The van der Waals surface area contributed by atoms with Gasteiger partial charge >= 0.3 is 0 Å². The Balaban J connectivity index is 1.18. The van der Waals surface area contributed by atoms with Crippen molar-refractivity contribution < 1.29 is 0 Å². The van der Waals surface area contributed by atoms with Crippen LogP contribution in [0.4, 0.5) is 0 Å². The average Bonchev–Trinajstić information content (AvgIpc) is 3.31. The molecule has 11 rings (SSSR count). The third-order valence-electron chi connectivity index (χ3n) is 11.8. The predicted molar refractivity (Wildman–Crippen MR) is 249 cm³/mol. The van der Waals surface area contributed by atoms with E-state index in [2.05, 4.69) is 231 Å². The SMILES string of the molecule is c1ccc(-c2cc3ccccc3cc2-c2ccc3c(c2)c(-c2ccccc2)c(-c2ccccc2)c2cc(-c4cccc(-c5cccc6ccccc56)c4)ccc23)cc1. The topological polar surface area (TPSA) is 0 Å². The van der Waals surface area contributed by atoms with Crippen molar-refractivity contribution in [2.75, 3.05) is 0 Å². The molecule has 0 heteroatoms. The number of hydrogen-bond acceptors (Lipinski definition) is 0. The molecule has 0 saturated heterocycles. The van der Waals surface area contributed by atoms with Gasteiger partial charge in [-0.05, 0) is 140 Å². The Morgan fingerprint density at radius 1 is 0.172 bits per heavy atom. The van der Waals surface area contributed by atoms with Gasteiger partial charge in [0.15, 0.2) is 0 Å². The Labute approximate surface area is 339 Å². The molecule has 11 aromatic carbocycles. The molecule has 270 valence electrons. The molecule has 0 amide bonds. The quantitative estimate of drug-likeness (QED) is 0.149. The van der Waals surface area contributed by atoms with Crippen LogP contribution < -0.4 is 0 Å². The molecule has 0 aliphatic heterocycles. The lowest BCUT2D eigenvalue weighted by molar-refractivity contribution is 1.60. The first kappa shape index (κ1) is 33.8. The summed E-state index contributed by atoms with van der Waals surface area (Å²) in [6.07, 6.45) is 0. The van der Waals surface area contributed by atoms with Gasteiger partial charge in [-0.3, -0.25) is 0 Å². The van der Waals surface area contributed by atoms with E-state index in [9.17, 15) is 0 Å². The fourth-order valence-electron chi connectivity index (χ4n) is 9.08. The molecular weight excluding hydrogens is 697 g/mol. The summed E-state index contributed by atoms with van der Waals surface area (Å²) >= 11 is 0. The summed E-state index contributed by atoms with van der Waals surface area (Å²) in [5.41, 5.74) is 14.7. The van der Waals surface area contributed by atoms with E-state index >= 15 is 0 Å². The Kier molecular flexibility index (Phi) is 8.26. The molecule has 0 spiro atoms. The second-order valence-corrected chi connectivity index (χ2v) is 15.2. The first-order valence-corrected chi connectivity index (χ1v) is 20.1. The third kappa shape index (κ3) is 5.86. The van der Waals surface area contributed by atoms with Crippen LogP contribution in [0.3, 0.4) is 0 Å². The molecule has 0 heterocycles. The van der Waals surface area contributed by atoms with Gasteiger partial charge in [-0.25, -0.2) is 0 Å². The van der Waals surface area contributed by atoms with Gasteiger partial charge in [-0.1, -0.05) is 200 Å². The minimum atomic E-state index is 1.20. The first-order chi connectivity index (χ1) is 28.8. The van der Waals surface area contributed by atoms with E-state index in [0.717, 1.165) is 0 Å². The van der Waals surface area contributed by atoms with Crippen LogP contribution in [0.1, 0.15) is 0 Å². The molecule has 0 radical (unpaired) electrons. The van der Waals surface area contributed by atoms with Crippen LogP contribution in [0.25, 0.3) is 110 Å². The lowest BCUT2D eigenvalue weighted by atomic mass is 9.82. The highest BCUT2D eigenvalue weighted by Gasteiger charge is 2.20. The van der Waals surface area contributed by atoms with Crippen molar-refractivity contribution in [3.05, 3.63) is 231 Å². The van der Waals surface area contributed by atoms with Crippen LogP contribution in [0.15, 0.2) is 231 Å². The second-order valence-electron chi connectivity index (χ2n) is 15.2. The Morgan fingerprint density at radius 2 is 0.586 bits per heavy atom. The maximum Gasteiger partial charge on any atom is -0.00201 e. The minimum absolute atomic E-state index is 1.20. The van der Waals surface area contributed by atoms with Crippen molar-refractivity contribution in [2.45, 2.75) is 0 Å². The van der Waals surface area contributed by atoms with Gasteiger partial charge in [0.05, 0.1) is 0 Å². The largest absolute Gasteiger partial charge is 0.0622 e. The van der Waals surface area contributed by atoms with Crippen LogP contribution in [0.5, 0.6) is 0 Å². The number of rotatable bonds is 6. The summed E-state index contributed by atoms with van der Waals surface area (Å²) in [6.45, 7) is 0. The fourth-order valence-corrected chi connectivity index (χ4v) is 9.08. The van der Waals surface area contributed by atoms with Crippen molar-refractivity contribution in [1.82, 2.24) is 0 Å². The van der Waals surface area contributed by atoms with E-state index in [0.29, 0.717) is 0 Å². The molecule has 0 aromatic heterocycles. The zero-order valence-electron chi connectivity index (χ0n) is 31.9. The van der Waals surface area contributed by atoms with Gasteiger partial charge in [-0.15, -0.1) is 0 Å². The number of fused-ring (bicyclic) bond motifs is 5. The van der Waals surface area contributed by atoms with Crippen LogP contribution in [0, 0.1) is 0 Å². The van der Waals surface area contributed by atoms with Crippen molar-refractivity contribution in [3.8, 4) is 66.8 Å². The van der Waals surface area contributed by atoms with Gasteiger partial charge in [-0.2, -0.15) is 0 Å². The van der Waals surface area contributed by atoms with Gasteiger partial charge in [0.25, 0.3) is 0 Å². The highest BCUT2D eigenvalue weighted by molar-refractivity contribution is 6.23. The van der Waals surface area contributed by atoms with Gasteiger partial charge in [0, 0.05) is 0 Å². The molecule has 58 heavy (non-hydrogen) atoms. The molecule has 0 bridgehead atoms. The standard InChI is InChI=1S/C58H38/c1-4-16-40(17-5-1)53-35-44-23-10-11-24-45(44)36-54(53)48-31-33-52-51-32-30-46(43-26-14-27-47(34-43)50-29-15-25-39-18-12-13-28-49(39)50)37-55(51)57(41-19-6-2-7-20-41)58(56(52)38-48)42-21-8-3-9-22-42/h1-38H. The average molecular weight is 735 g/mol. The summed E-state index contributed by atoms with van der Waals surface area (Å²) in [4.78, 5) is 0. The van der Waals surface area contributed by atoms with Crippen molar-refractivity contribution in [3.63, 3.8) is 0 Å². The monoisotopic (exact) mass is 734 g/mol. The third-order valence-corrected chi connectivity index (χ3v) is 11.8. The second kappa shape index (κ2) is 14.2. The van der Waals surface area contributed by atoms with Gasteiger partial charge in [0.1, 0.15) is 0 Å². The summed E-state index contributed by atoms with van der Waals surface area (Å²) in [7, 11) is 0. The van der Waals surface area contributed by atoms with Crippen LogP contribution >= 0.6 is 0 Å². The van der Waals surface area contributed by atoms with Gasteiger partial charge < -0.3 is 0 Å². The number of benzene rings is 11. The summed E-state index contributed by atoms with van der Waals surface area (Å²) < 4.78 is 0. The lowest BCUT2D eigenvalue weighted by Gasteiger charge is -2.21. The van der Waals surface area contributed by atoms with Crippen molar-refractivity contribution >= 4 is 43.1 Å². The molecule has 0 aliphatic rings. The summed E-state index contributed by atoms with van der Waals surface area (Å²) in [5.74, 6) is 0. The molecule has 11 aromatic rings. The summed E-state index contributed by atoms with van der Waals surface area (Å²) in [6, 6.07) is 84.7. The molecule has 0 N–H and O–H groups in total. The van der Waals surface area contributed by atoms with E-state index in [-0.39, 0.29) is 0 Å². The molecule has 0 unspecified atom stereocenters. The zero-order valence-corrected chi connectivity index (χ0v) is 31.9. The summed E-state index contributed by atoms with van der Waals surface area (Å²) in [5, 5.41) is 9.98. The zero-order chi connectivity index (χ0) is 38.4. The molecule has 0 atom stereocenters. The highest BCUT2D eigenvalue weighted by atomic mass is 14.2. The van der Waals surface area contributed by atoms with E-state index < -0.39 is 0 Å². The van der Waals surface area contributed by atoms with E-state index in [1.165, 1.54) is 110 Å². The maximum absolute atomic E-state index is 2.45. The Hall–Kier alpha value is -7.54. The molecule has 0 aliphatic carbocycles. The Morgan fingerprint density at radius 3 is 1.22 bits per heavy atom. The van der Waals surface area contributed by atoms with Crippen molar-refractivity contribution in [1.29, 1.82) is 0 Å². The normalized spacial score (nSPS) is 11.4. The van der Waals surface area contributed by atoms with Crippen LogP contribution in [0.2, 0.25) is 0 Å². The first-order valence-electron chi connectivity index (χ1n) is 20.1. The molecule has 0 fully saturated rings. The molecule has 0 saturated carbocycles. The van der Waals surface area contributed by atoms with Crippen LogP contribution in [-0.4, -0.2) is 0 Å². The number of hydrogen-bond donors (Lipinski definition) is 0. The molecule has 0 nitrogen and oxygen atoms in total. The Bertz CT molecular complexity index is 3300. The highest BCUT2D eigenvalue weighted by Crippen LogP contribution is 2.47. The van der Waals surface area contributed by atoms with Crippen molar-refractivity contribution in [2.24, 2.45) is 0 Å². The minimum Gasteiger partial charge on any atom is -0.0622 e. The fraction of sp³-hybridized carbons (Fsp3) is 0. The van der Waals surface area contributed by atoms with E-state index in [1.807, 2.05) is 0 Å². The van der Waals surface area contributed by atoms with Gasteiger partial charge in [0.2, 0.25) is 0 Å².